The fraction of sp³-hybridized carbons (Fsp3) is 0.316. The average molecular weight is 412 g/mol. The van der Waals surface area contributed by atoms with E-state index in [-0.39, 0.29) is 29.6 Å². The van der Waals surface area contributed by atoms with E-state index in [0.717, 1.165) is 21.0 Å². The first-order valence-electron chi connectivity index (χ1n) is 8.27. The molecule has 0 radical (unpaired) electrons. The summed E-state index contributed by atoms with van der Waals surface area (Å²) in [7, 11) is -0.635. The van der Waals surface area contributed by atoms with Gasteiger partial charge in [-0.15, -0.1) is 12.4 Å². The fourth-order valence-electron chi connectivity index (χ4n) is 2.53. The maximum atomic E-state index is 12.4. The second-order valence-electron chi connectivity index (χ2n) is 6.47. The van der Waals surface area contributed by atoms with Gasteiger partial charge in [0.2, 0.25) is 15.9 Å². The molecule has 0 saturated carbocycles. The molecule has 2 aromatic carbocycles. The van der Waals surface area contributed by atoms with E-state index < -0.39 is 16.1 Å². The minimum Gasteiger partial charge on any atom is -0.326 e. The van der Waals surface area contributed by atoms with E-state index in [4.69, 9.17) is 5.73 Å². The Bertz CT molecular complexity index is 900. The number of amides is 1. The second kappa shape index (κ2) is 9.32. The van der Waals surface area contributed by atoms with Gasteiger partial charge in [-0.3, -0.25) is 4.79 Å². The number of nitrogens with two attached hydrogens (primary N) is 1. The van der Waals surface area contributed by atoms with Crippen LogP contribution in [0.25, 0.3) is 0 Å². The summed E-state index contributed by atoms with van der Waals surface area (Å²) in [5, 5.41) is 2.80. The van der Waals surface area contributed by atoms with E-state index in [1.165, 1.54) is 20.2 Å². The molecule has 27 heavy (non-hydrogen) atoms. The van der Waals surface area contributed by atoms with Crippen LogP contribution >= 0.6 is 12.4 Å². The van der Waals surface area contributed by atoms with Crippen molar-refractivity contribution in [2.24, 2.45) is 5.73 Å². The van der Waals surface area contributed by atoms with Gasteiger partial charge in [0, 0.05) is 32.2 Å². The standard InChI is InChI=1S/C19H25N3O3S.ClH/c1-13-10-16(26(24,25)22(3)4)11-18(14(13)2)21-19(23)12-17(20)15-8-6-5-7-9-15;/h5-11,17H,12,20H2,1-4H3,(H,21,23);1H. The smallest absolute Gasteiger partial charge is 0.242 e. The number of carbonyl (C=O) groups excluding carboxylic acids is 1. The minimum atomic E-state index is -3.58. The molecule has 0 aliphatic heterocycles. The molecule has 0 saturated heterocycles. The highest BCUT2D eigenvalue weighted by Crippen LogP contribution is 2.26. The molecule has 1 amide bonds. The van der Waals surface area contributed by atoms with Gasteiger partial charge in [0.1, 0.15) is 0 Å². The van der Waals surface area contributed by atoms with Crippen LogP contribution in [0.15, 0.2) is 47.4 Å². The van der Waals surface area contributed by atoms with Crippen molar-refractivity contribution < 1.29 is 13.2 Å². The lowest BCUT2D eigenvalue weighted by molar-refractivity contribution is -0.116. The summed E-state index contributed by atoms with van der Waals surface area (Å²) in [6.07, 6.45) is 0.104. The Morgan fingerprint density at radius 1 is 1.15 bits per heavy atom. The summed E-state index contributed by atoms with van der Waals surface area (Å²) < 4.78 is 25.9. The van der Waals surface area contributed by atoms with E-state index in [2.05, 4.69) is 5.32 Å². The normalized spacial score (nSPS) is 12.4. The molecule has 0 aliphatic carbocycles. The molecule has 8 heteroatoms. The maximum Gasteiger partial charge on any atom is 0.242 e. The second-order valence-corrected chi connectivity index (χ2v) is 8.62. The van der Waals surface area contributed by atoms with Gasteiger partial charge >= 0.3 is 0 Å². The Morgan fingerprint density at radius 3 is 2.30 bits per heavy atom. The molecule has 3 N–H and O–H groups in total. The van der Waals surface area contributed by atoms with Crippen LogP contribution in [0.3, 0.4) is 0 Å². The molecule has 2 aromatic rings. The predicted octanol–water partition coefficient (Wildman–Crippen LogP) is 3.00. The molecule has 1 atom stereocenters. The molecule has 1 unspecified atom stereocenters. The Hall–Kier alpha value is -1.93. The van der Waals surface area contributed by atoms with Crippen LogP contribution in [-0.4, -0.2) is 32.7 Å². The van der Waals surface area contributed by atoms with Gasteiger partial charge in [0.15, 0.2) is 0 Å². The number of nitrogens with one attached hydrogen (secondary N) is 1. The number of carbonyl (C=O) groups is 1. The number of hydrogen-bond donors (Lipinski definition) is 2. The zero-order valence-corrected chi connectivity index (χ0v) is 17.5. The third-order valence-electron chi connectivity index (χ3n) is 4.33. The number of hydrogen-bond acceptors (Lipinski definition) is 4. The third kappa shape index (κ3) is 5.52. The molecule has 0 fully saturated rings. The van der Waals surface area contributed by atoms with Gasteiger partial charge < -0.3 is 11.1 Å². The van der Waals surface area contributed by atoms with Crippen LogP contribution in [0.2, 0.25) is 0 Å². The van der Waals surface area contributed by atoms with Gasteiger partial charge in [-0.05, 0) is 42.7 Å². The molecule has 0 heterocycles. The van der Waals surface area contributed by atoms with Gasteiger partial charge in [0.05, 0.1) is 4.90 Å². The van der Waals surface area contributed by atoms with Crippen molar-refractivity contribution in [1.82, 2.24) is 4.31 Å². The third-order valence-corrected chi connectivity index (χ3v) is 6.12. The van der Waals surface area contributed by atoms with E-state index in [9.17, 15) is 13.2 Å². The van der Waals surface area contributed by atoms with Gasteiger partial charge in [-0.2, -0.15) is 0 Å². The van der Waals surface area contributed by atoms with Crippen LogP contribution in [0.5, 0.6) is 0 Å². The molecule has 0 bridgehead atoms. The highest BCUT2D eigenvalue weighted by atomic mass is 35.5. The highest BCUT2D eigenvalue weighted by Gasteiger charge is 2.20. The summed E-state index contributed by atoms with van der Waals surface area (Å²) in [6, 6.07) is 12.0. The summed E-state index contributed by atoms with van der Waals surface area (Å²) >= 11 is 0. The first kappa shape index (κ1) is 23.1. The summed E-state index contributed by atoms with van der Waals surface area (Å²) in [4.78, 5) is 12.6. The van der Waals surface area contributed by atoms with Crippen molar-refractivity contribution in [3.8, 4) is 0 Å². The van der Waals surface area contributed by atoms with E-state index >= 15 is 0 Å². The van der Waals surface area contributed by atoms with Crippen LogP contribution in [0.1, 0.15) is 29.2 Å². The van der Waals surface area contributed by atoms with Crippen LogP contribution in [0, 0.1) is 13.8 Å². The summed E-state index contributed by atoms with van der Waals surface area (Å²) in [5.41, 5.74) is 9.06. The maximum absolute atomic E-state index is 12.4. The molecule has 2 rings (SSSR count). The topological polar surface area (TPSA) is 92.5 Å². The van der Waals surface area contributed by atoms with Crippen molar-refractivity contribution >= 4 is 34.0 Å². The lowest BCUT2D eigenvalue weighted by atomic mass is 10.0. The number of halogens is 1. The van der Waals surface area contributed by atoms with Gasteiger partial charge in [-0.25, -0.2) is 12.7 Å². The largest absolute Gasteiger partial charge is 0.326 e. The zero-order chi connectivity index (χ0) is 19.5. The highest BCUT2D eigenvalue weighted by molar-refractivity contribution is 7.89. The van der Waals surface area contributed by atoms with Crippen LogP contribution < -0.4 is 11.1 Å². The first-order chi connectivity index (χ1) is 12.1. The van der Waals surface area contributed by atoms with E-state index in [1.807, 2.05) is 44.2 Å². The predicted molar refractivity (Wildman–Crippen MR) is 111 cm³/mol. The number of anilines is 1. The van der Waals surface area contributed by atoms with E-state index in [1.54, 1.807) is 6.07 Å². The number of benzene rings is 2. The Balaban J connectivity index is 0.00000364. The molecular formula is C19H26ClN3O3S. The number of nitrogens with zero attached hydrogens (tertiary/aromatic N) is 1. The Morgan fingerprint density at radius 2 is 1.74 bits per heavy atom. The van der Waals surface area contributed by atoms with Crippen molar-refractivity contribution in [3.63, 3.8) is 0 Å². The average Bonchev–Trinajstić information content (AvgIpc) is 2.59. The number of aryl methyl sites for hydroxylation is 1. The van der Waals surface area contributed by atoms with E-state index in [0.29, 0.717) is 5.69 Å². The Labute approximate surface area is 167 Å². The molecule has 148 valence electrons. The van der Waals surface area contributed by atoms with Crippen molar-refractivity contribution in [1.29, 1.82) is 0 Å². The summed E-state index contributed by atoms with van der Waals surface area (Å²) in [6.45, 7) is 3.66. The minimum absolute atomic E-state index is 0. The van der Waals surface area contributed by atoms with Crippen LogP contribution in [0.4, 0.5) is 5.69 Å². The van der Waals surface area contributed by atoms with Crippen LogP contribution in [-0.2, 0) is 14.8 Å². The van der Waals surface area contributed by atoms with Crippen molar-refractivity contribution in [3.05, 3.63) is 59.2 Å². The molecular weight excluding hydrogens is 386 g/mol. The number of sulfonamides is 1. The SMILES string of the molecule is Cc1cc(S(=O)(=O)N(C)C)cc(NC(=O)CC(N)c2ccccc2)c1C.Cl. The first-order valence-corrected chi connectivity index (χ1v) is 9.71. The quantitative estimate of drug-likeness (QED) is 0.764. The summed E-state index contributed by atoms with van der Waals surface area (Å²) in [5.74, 6) is -0.261. The Kier molecular flexibility index (Phi) is 7.98. The zero-order valence-electron chi connectivity index (χ0n) is 15.9. The lowest BCUT2D eigenvalue weighted by Crippen LogP contribution is -2.23. The molecule has 0 spiro atoms. The van der Waals surface area contributed by atoms with Crippen molar-refractivity contribution in [2.75, 3.05) is 19.4 Å². The van der Waals surface area contributed by atoms with Gasteiger partial charge in [0.25, 0.3) is 0 Å². The molecule has 6 nitrogen and oxygen atoms in total. The fourth-order valence-corrected chi connectivity index (χ4v) is 3.55. The monoisotopic (exact) mass is 411 g/mol. The van der Waals surface area contributed by atoms with Gasteiger partial charge in [-0.1, -0.05) is 30.3 Å². The van der Waals surface area contributed by atoms with Crippen molar-refractivity contribution in [2.45, 2.75) is 31.2 Å². The molecule has 0 aromatic heterocycles. The number of rotatable bonds is 6. The molecule has 0 aliphatic rings. The lowest BCUT2D eigenvalue weighted by Gasteiger charge is -2.17.